The van der Waals surface area contributed by atoms with Gasteiger partial charge in [0.1, 0.15) is 5.75 Å². The van der Waals surface area contributed by atoms with E-state index in [0.29, 0.717) is 30.3 Å². The van der Waals surface area contributed by atoms with Crippen LogP contribution in [0.1, 0.15) is 18.5 Å². The Hall–Kier alpha value is -1.97. The van der Waals surface area contributed by atoms with Crippen LogP contribution in [-0.2, 0) is 14.8 Å². The van der Waals surface area contributed by atoms with E-state index in [4.69, 9.17) is 4.74 Å². The molecule has 0 aliphatic carbocycles. The summed E-state index contributed by atoms with van der Waals surface area (Å²) < 4.78 is 32.2. The molecule has 1 aliphatic heterocycles. The van der Waals surface area contributed by atoms with Gasteiger partial charge in [-0.05, 0) is 44.0 Å². The van der Waals surface area contributed by atoms with Crippen molar-refractivity contribution in [1.82, 2.24) is 9.29 Å². The van der Waals surface area contributed by atoms with Crippen LogP contribution in [-0.4, -0.2) is 43.8 Å². The molecule has 1 aliphatic rings. The number of anilines is 1. The van der Waals surface area contributed by atoms with Gasteiger partial charge in [-0.3, -0.25) is 4.79 Å². The Bertz CT molecular complexity index is 878. The Kier molecular flexibility index (Phi) is 5.59. The third kappa shape index (κ3) is 4.05. The summed E-state index contributed by atoms with van der Waals surface area (Å²) in [6.45, 7) is 2.44. The molecular formula is C17H21N3O4S2. The Labute approximate surface area is 157 Å². The van der Waals surface area contributed by atoms with Crippen LogP contribution in [0.5, 0.6) is 5.75 Å². The van der Waals surface area contributed by atoms with Gasteiger partial charge in [-0.2, -0.15) is 4.31 Å². The van der Waals surface area contributed by atoms with Crippen LogP contribution >= 0.6 is 11.3 Å². The number of aryl methyl sites for hydroxylation is 1. The molecule has 0 spiro atoms. The number of benzene rings is 1. The lowest BCUT2D eigenvalue weighted by Gasteiger charge is -2.31. The highest BCUT2D eigenvalue weighted by molar-refractivity contribution is 7.89. The van der Waals surface area contributed by atoms with Gasteiger partial charge < -0.3 is 10.1 Å². The van der Waals surface area contributed by atoms with Gasteiger partial charge in [0.15, 0.2) is 5.13 Å². The number of nitrogens with zero attached hydrogens (tertiary/aromatic N) is 2. The number of ether oxygens (including phenoxy) is 1. The summed E-state index contributed by atoms with van der Waals surface area (Å²) >= 11 is 1.36. The first-order valence-electron chi connectivity index (χ1n) is 8.27. The Balaban J connectivity index is 1.71. The number of thiazole rings is 1. The summed E-state index contributed by atoms with van der Waals surface area (Å²) in [6, 6.07) is 6.28. The van der Waals surface area contributed by atoms with Crippen LogP contribution in [0.25, 0.3) is 0 Å². The van der Waals surface area contributed by atoms with Gasteiger partial charge in [-0.1, -0.05) is 0 Å². The number of piperidine rings is 1. The van der Waals surface area contributed by atoms with Gasteiger partial charge in [-0.15, -0.1) is 11.3 Å². The minimum atomic E-state index is -3.64. The predicted octanol–water partition coefficient (Wildman–Crippen LogP) is 2.50. The van der Waals surface area contributed by atoms with Crippen LogP contribution in [0.2, 0.25) is 0 Å². The topological polar surface area (TPSA) is 88.6 Å². The number of carbonyl (C=O) groups excluding carboxylic acids is 1. The molecule has 2 aromatic rings. The first kappa shape index (κ1) is 18.8. The molecule has 7 nitrogen and oxygen atoms in total. The van der Waals surface area contributed by atoms with Crippen molar-refractivity contribution >= 4 is 32.4 Å². The quantitative estimate of drug-likeness (QED) is 0.840. The minimum absolute atomic E-state index is 0.171. The normalized spacial score (nSPS) is 18.5. The fourth-order valence-electron chi connectivity index (χ4n) is 2.89. The predicted molar refractivity (Wildman–Crippen MR) is 100.0 cm³/mol. The monoisotopic (exact) mass is 395 g/mol. The zero-order chi connectivity index (χ0) is 18.7. The van der Waals surface area contributed by atoms with E-state index in [2.05, 4.69) is 10.3 Å². The van der Waals surface area contributed by atoms with E-state index in [1.165, 1.54) is 34.9 Å². The molecule has 1 N–H and O–H groups in total. The fraction of sp³-hybridized carbons (Fsp3) is 0.412. The lowest BCUT2D eigenvalue weighted by molar-refractivity contribution is -0.120. The van der Waals surface area contributed by atoms with E-state index < -0.39 is 10.0 Å². The third-order valence-electron chi connectivity index (χ3n) is 4.30. The third-order valence-corrected chi connectivity index (χ3v) is 7.06. The zero-order valence-electron chi connectivity index (χ0n) is 14.6. The van der Waals surface area contributed by atoms with Crippen LogP contribution in [0, 0.1) is 12.8 Å². The number of rotatable bonds is 5. The van der Waals surface area contributed by atoms with Crippen molar-refractivity contribution in [3.05, 3.63) is 35.3 Å². The van der Waals surface area contributed by atoms with Gasteiger partial charge in [0.05, 0.1) is 23.6 Å². The smallest absolute Gasteiger partial charge is 0.243 e. The number of hydrogen-bond acceptors (Lipinski definition) is 6. The van der Waals surface area contributed by atoms with Crippen molar-refractivity contribution in [3.63, 3.8) is 0 Å². The number of nitrogens with one attached hydrogen (secondary N) is 1. The maximum Gasteiger partial charge on any atom is 0.243 e. The van der Waals surface area contributed by atoms with Crippen molar-refractivity contribution in [3.8, 4) is 5.75 Å². The Morgan fingerprint density at radius 1 is 1.35 bits per heavy atom. The molecule has 140 valence electrons. The molecule has 1 aromatic heterocycles. The zero-order valence-corrected chi connectivity index (χ0v) is 16.3. The van der Waals surface area contributed by atoms with E-state index in [1.807, 2.05) is 12.3 Å². The van der Waals surface area contributed by atoms with Crippen molar-refractivity contribution in [2.75, 3.05) is 25.5 Å². The number of hydrogen-bond donors (Lipinski definition) is 1. The molecule has 1 saturated heterocycles. The second-order valence-electron chi connectivity index (χ2n) is 6.16. The molecule has 1 amide bonds. The van der Waals surface area contributed by atoms with Crippen LogP contribution in [0.4, 0.5) is 5.13 Å². The standard InChI is InChI=1S/C17H21N3O4S2/c1-12-11-25-17(18-12)19-16(21)13-4-3-9-20(10-13)26(22,23)15-7-5-14(24-2)6-8-15/h5-8,11,13H,3-4,9-10H2,1-2H3,(H,18,19,21)/t13-/m1/s1. The molecule has 1 aromatic carbocycles. The molecule has 0 radical (unpaired) electrons. The first-order chi connectivity index (χ1) is 12.4. The molecule has 0 bridgehead atoms. The number of aromatic nitrogens is 1. The fourth-order valence-corrected chi connectivity index (χ4v) is 5.11. The van der Waals surface area contributed by atoms with Crippen LogP contribution < -0.4 is 10.1 Å². The molecule has 0 unspecified atom stereocenters. The summed E-state index contributed by atoms with van der Waals surface area (Å²) in [7, 11) is -2.11. The second kappa shape index (κ2) is 7.73. The van der Waals surface area contributed by atoms with E-state index in [0.717, 1.165) is 5.69 Å². The summed E-state index contributed by atoms with van der Waals surface area (Å²) in [5, 5.41) is 5.19. The highest BCUT2D eigenvalue weighted by atomic mass is 32.2. The van der Waals surface area contributed by atoms with Crippen LogP contribution in [0.3, 0.4) is 0 Å². The van der Waals surface area contributed by atoms with Crippen molar-refractivity contribution in [1.29, 1.82) is 0 Å². The average Bonchev–Trinajstić information content (AvgIpc) is 3.06. The van der Waals surface area contributed by atoms with Crippen molar-refractivity contribution in [2.45, 2.75) is 24.7 Å². The second-order valence-corrected chi connectivity index (χ2v) is 8.96. The maximum atomic E-state index is 12.9. The molecule has 1 fully saturated rings. The van der Waals surface area contributed by atoms with E-state index in [9.17, 15) is 13.2 Å². The lowest BCUT2D eigenvalue weighted by atomic mass is 9.99. The number of methoxy groups -OCH3 is 1. The average molecular weight is 396 g/mol. The number of amides is 1. The van der Waals surface area contributed by atoms with Crippen molar-refractivity contribution in [2.24, 2.45) is 5.92 Å². The van der Waals surface area contributed by atoms with E-state index >= 15 is 0 Å². The van der Waals surface area contributed by atoms with Crippen LogP contribution in [0.15, 0.2) is 34.5 Å². The number of sulfonamides is 1. The Morgan fingerprint density at radius 3 is 2.69 bits per heavy atom. The summed E-state index contributed by atoms with van der Waals surface area (Å²) in [6.07, 6.45) is 1.30. The lowest BCUT2D eigenvalue weighted by Crippen LogP contribution is -2.43. The largest absolute Gasteiger partial charge is 0.497 e. The summed E-state index contributed by atoms with van der Waals surface area (Å²) in [5.74, 6) is 0.0218. The van der Waals surface area contributed by atoms with E-state index in [-0.39, 0.29) is 23.3 Å². The molecule has 9 heteroatoms. The van der Waals surface area contributed by atoms with Gasteiger partial charge in [-0.25, -0.2) is 13.4 Å². The van der Waals surface area contributed by atoms with E-state index in [1.54, 1.807) is 12.1 Å². The molecule has 1 atom stereocenters. The molecule has 3 rings (SSSR count). The molecule has 26 heavy (non-hydrogen) atoms. The van der Waals surface area contributed by atoms with Gasteiger partial charge in [0.2, 0.25) is 15.9 Å². The highest BCUT2D eigenvalue weighted by Crippen LogP contribution is 2.26. The first-order valence-corrected chi connectivity index (χ1v) is 10.6. The highest BCUT2D eigenvalue weighted by Gasteiger charge is 2.33. The Morgan fingerprint density at radius 2 is 2.08 bits per heavy atom. The summed E-state index contributed by atoms with van der Waals surface area (Å²) in [4.78, 5) is 16.9. The molecule has 2 heterocycles. The summed E-state index contributed by atoms with van der Waals surface area (Å²) in [5.41, 5.74) is 0.845. The van der Waals surface area contributed by atoms with Gasteiger partial charge >= 0.3 is 0 Å². The van der Waals surface area contributed by atoms with Gasteiger partial charge in [0.25, 0.3) is 0 Å². The molecular weight excluding hydrogens is 374 g/mol. The number of carbonyl (C=O) groups is 1. The maximum absolute atomic E-state index is 12.9. The van der Waals surface area contributed by atoms with Crippen molar-refractivity contribution < 1.29 is 17.9 Å². The molecule has 0 saturated carbocycles. The minimum Gasteiger partial charge on any atom is -0.497 e. The SMILES string of the molecule is COc1ccc(S(=O)(=O)N2CCC[C@@H](C(=O)Nc3nc(C)cs3)C2)cc1. The van der Waals surface area contributed by atoms with Gasteiger partial charge in [0, 0.05) is 18.5 Å².